The lowest BCUT2D eigenvalue weighted by Crippen LogP contribution is -2.50. The molecule has 1 aromatic carbocycles. The second-order valence-electron chi connectivity index (χ2n) is 6.06. The second-order valence-corrected chi connectivity index (χ2v) is 6.06. The average Bonchev–Trinajstić information content (AvgIpc) is 2.59. The molecule has 2 rings (SSSR count). The summed E-state index contributed by atoms with van der Waals surface area (Å²) in [7, 11) is 1.70. The number of rotatable bonds is 5. The Hall–Kier alpha value is -1.59. The molecule has 2 N–H and O–H groups in total. The van der Waals surface area contributed by atoms with E-state index in [2.05, 4.69) is 17.4 Å². The number of aliphatic hydroxyl groups excluding tert-OH is 1. The minimum absolute atomic E-state index is 0.0401. The van der Waals surface area contributed by atoms with E-state index in [4.69, 9.17) is 9.84 Å². The van der Waals surface area contributed by atoms with Gasteiger partial charge in [-0.15, -0.1) is 0 Å². The second kappa shape index (κ2) is 7.61. The summed E-state index contributed by atoms with van der Waals surface area (Å²) >= 11 is 0. The van der Waals surface area contributed by atoms with E-state index >= 15 is 0 Å². The Bertz CT molecular complexity index is 472. The summed E-state index contributed by atoms with van der Waals surface area (Å²) < 4.78 is 5.50. The number of carbonyl (C=O) groups excluding carboxylic acids is 1. The highest BCUT2D eigenvalue weighted by molar-refractivity contribution is 5.74. The molecule has 0 bridgehead atoms. The van der Waals surface area contributed by atoms with Crippen LogP contribution >= 0.6 is 0 Å². The van der Waals surface area contributed by atoms with E-state index < -0.39 is 0 Å². The summed E-state index contributed by atoms with van der Waals surface area (Å²) in [6.07, 6.45) is 1.80. The number of aliphatic hydroxyl groups is 1. The Balaban J connectivity index is 2.07. The van der Waals surface area contributed by atoms with E-state index in [1.807, 2.05) is 25.1 Å². The first-order valence-corrected chi connectivity index (χ1v) is 7.84. The van der Waals surface area contributed by atoms with Crippen molar-refractivity contribution in [2.24, 2.45) is 0 Å². The van der Waals surface area contributed by atoms with Crippen molar-refractivity contribution in [3.8, 4) is 0 Å². The van der Waals surface area contributed by atoms with Crippen LogP contribution in [0, 0.1) is 0 Å². The zero-order chi connectivity index (χ0) is 16.0. The lowest BCUT2D eigenvalue weighted by atomic mass is 9.74. The van der Waals surface area contributed by atoms with Crippen molar-refractivity contribution in [2.45, 2.75) is 31.2 Å². The molecule has 122 valence electrons. The Morgan fingerprint density at radius 1 is 1.36 bits per heavy atom. The number of carbonyl (C=O) groups is 1. The standard InChI is InChI=1S/C17H26N2O3/c1-14(12-20)19(2)16(21)18-13-17(8-10-22-11-9-17)15-6-4-3-5-7-15/h3-7,14,20H,8-13H2,1-2H3,(H,18,21). The van der Waals surface area contributed by atoms with Crippen LogP contribution in [0.25, 0.3) is 0 Å². The molecule has 0 radical (unpaired) electrons. The molecular weight excluding hydrogens is 280 g/mol. The molecule has 1 aliphatic rings. The van der Waals surface area contributed by atoms with E-state index in [1.165, 1.54) is 10.5 Å². The number of nitrogens with zero attached hydrogens (tertiary/aromatic N) is 1. The molecule has 0 saturated carbocycles. The first-order chi connectivity index (χ1) is 10.6. The highest BCUT2D eigenvalue weighted by Gasteiger charge is 2.35. The Kier molecular flexibility index (Phi) is 5.80. The van der Waals surface area contributed by atoms with Crippen LogP contribution in [0.2, 0.25) is 0 Å². The number of hydrogen-bond acceptors (Lipinski definition) is 3. The lowest BCUT2D eigenvalue weighted by Gasteiger charge is -2.38. The summed E-state index contributed by atoms with van der Waals surface area (Å²) in [4.78, 5) is 13.8. The Morgan fingerprint density at radius 2 is 2.00 bits per heavy atom. The SMILES string of the molecule is CC(CO)N(C)C(=O)NCC1(c2ccccc2)CCOCC1. The van der Waals surface area contributed by atoms with E-state index in [-0.39, 0.29) is 24.1 Å². The third-order valence-corrected chi connectivity index (χ3v) is 4.66. The number of likely N-dealkylation sites (N-methyl/N-ethyl adjacent to an activating group) is 1. The fraction of sp³-hybridized carbons (Fsp3) is 0.588. The quantitative estimate of drug-likeness (QED) is 0.871. The van der Waals surface area contributed by atoms with E-state index in [1.54, 1.807) is 7.05 Å². The molecule has 1 atom stereocenters. The normalized spacial score (nSPS) is 18.5. The maximum atomic E-state index is 12.2. The monoisotopic (exact) mass is 306 g/mol. The molecule has 2 amide bonds. The minimum atomic E-state index is -0.192. The van der Waals surface area contributed by atoms with Crippen LogP contribution in [0.1, 0.15) is 25.3 Å². The number of amides is 2. The van der Waals surface area contributed by atoms with Crippen LogP contribution in [0.3, 0.4) is 0 Å². The Morgan fingerprint density at radius 3 is 2.59 bits per heavy atom. The molecule has 5 heteroatoms. The van der Waals surface area contributed by atoms with Crippen LogP contribution in [0.5, 0.6) is 0 Å². The number of hydrogen-bond donors (Lipinski definition) is 2. The summed E-state index contributed by atoms with van der Waals surface area (Å²) in [5.41, 5.74) is 1.18. The first-order valence-electron chi connectivity index (χ1n) is 7.84. The van der Waals surface area contributed by atoms with Gasteiger partial charge in [-0.1, -0.05) is 30.3 Å². The zero-order valence-electron chi connectivity index (χ0n) is 13.4. The van der Waals surface area contributed by atoms with Crippen molar-refractivity contribution in [1.29, 1.82) is 0 Å². The van der Waals surface area contributed by atoms with Crippen molar-refractivity contribution in [2.75, 3.05) is 33.4 Å². The van der Waals surface area contributed by atoms with Crippen LogP contribution in [0.4, 0.5) is 4.79 Å². The first kappa shape index (κ1) is 16.8. The highest BCUT2D eigenvalue weighted by atomic mass is 16.5. The third-order valence-electron chi connectivity index (χ3n) is 4.66. The summed E-state index contributed by atoms with van der Waals surface area (Å²) in [6.45, 7) is 3.80. The van der Waals surface area contributed by atoms with Gasteiger partial charge in [0.2, 0.25) is 0 Å². The predicted molar refractivity (Wildman–Crippen MR) is 85.9 cm³/mol. The van der Waals surface area contributed by atoms with Gasteiger partial charge >= 0.3 is 6.03 Å². The number of benzene rings is 1. The summed E-state index contributed by atoms with van der Waals surface area (Å²) in [5.74, 6) is 0. The van der Waals surface area contributed by atoms with Gasteiger partial charge in [-0.05, 0) is 25.3 Å². The summed E-state index contributed by atoms with van der Waals surface area (Å²) in [6, 6.07) is 9.98. The number of ether oxygens (including phenoxy) is 1. The molecule has 0 aromatic heterocycles. The smallest absolute Gasteiger partial charge is 0.317 e. The van der Waals surface area contributed by atoms with Gasteiger partial charge in [0.1, 0.15) is 0 Å². The number of urea groups is 1. The van der Waals surface area contributed by atoms with Gasteiger partial charge in [-0.2, -0.15) is 0 Å². The van der Waals surface area contributed by atoms with Crippen molar-refractivity contribution in [3.63, 3.8) is 0 Å². The molecule has 5 nitrogen and oxygen atoms in total. The maximum Gasteiger partial charge on any atom is 0.317 e. The van der Waals surface area contributed by atoms with Crippen molar-refractivity contribution in [3.05, 3.63) is 35.9 Å². The van der Waals surface area contributed by atoms with Crippen molar-refractivity contribution < 1.29 is 14.6 Å². The highest BCUT2D eigenvalue weighted by Crippen LogP contribution is 2.34. The van der Waals surface area contributed by atoms with Crippen LogP contribution < -0.4 is 5.32 Å². The average molecular weight is 306 g/mol. The predicted octanol–water partition coefficient (Wildman–Crippen LogP) is 1.76. The van der Waals surface area contributed by atoms with Crippen LogP contribution in [-0.4, -0.2) is 55.5 Å². The van der Waals surface area contributed by atoms with Crippen molar-refractivity contribution >= 4 is 6.03 Å². The van der Waals surface area contributed by atoms with E-state index in [9.17, 15) is 4.79 Å². The third kappa shape index (κ3) is 3.78. The van der Waals surface area contributed by atoms with E-state index in [0.717, 1.165) is 12.8 Å². The molecule has 1 saturated heterocycles. The largest absolute Gasteiger partial charge is 0.394 e. The molecular formula is C17H26N2O3. The molecule has 1 aromatic rings. The molecule has 0 aliphatic carbocycles. The van der Waals surface area contributed by atoms with Gasteiger partial charge in [0.25, 0.3) is 0 Å². The fourth-order valence-electron chi connectivity index (χ4n) is 2.81. The molecule has 22 heavy (non-hydrogen) atoms. The molecule has 0 spiro atoms. The fourth-order valence-corrected chi connectivity index (χ4v) is 2.81. The van der Waals surface area contributed by atoms with Gasteiger partial charge in [-0.3, -0.25) is 0 Å². The number of nitrogens with one attached hydrogen (secondary N) is 1. The van der Waals surface area contributed by atoms with Gasteiger partial charge in [0.05, 0.1) is 12.6 Å². The van der Waals surface area contributed by atoms with Crippen molar-refractivity contribution in [1.82, 2.24) is 10.2 Å². The van der Waals surface area contributed by atoms with Crippen LogP contribution in [-0.2, 0) is 10.2 Å². The molecule has 1 fully saturated rings. The van der Waals surface area contributed by atoms with Gasteiger partial charge < -0.3 is 20.1 Å². The molecule has 1 heterocycles. The molecule has 1 aliphatic heterocycles. The zero-order valence-corrected chi connectivity index (χ0v) is 13.4. The Labute approximate surface area is 132 Å². The molecule has 1 unspecified atom stereocenters. The summed E-state index contributed by atoms with van der Waals surface area (Å²) in [5, 5.41) is 12.2. The minimum Gasteiger partial charge on any atom is -0.394 e. The van der Waals surface area contributed by atoms with E-state index in [0.29, 0.717) is 19.8 Å². The lowest BCUT2D eigenvalue weighted by molar-refractivity contribution is 0.0499. The van der Waals surface area contributed by atoms with Crippen LogP contribution in [0.15, 0.2) is 30.3 Å². The van der Waals surface area contributed by atoms with Gasteiger partial charge in [0.15, 0.2) is 0 Å². The maximum absolute atomic E-state index is 12.2. The van der Waals surface area contributed by atoms with Gasteiger partial charge in [0, 0.05) is 32.2 Å². The topological polar surface area (TPSA) is 61.8 Å². The van der Waals surface area contributed by atoms with Gasteiger partial charge in [-0.25, -0.2) is 4.79 Å².